The number of hydrogen-bond donors (Lipinski definition) is 2. The van der Waals surface area contributed by atoms with Crippen LogP contribution in [0.5, 0.6) is 5.88 Å². The van der Waals surface area contributed by atoms with E-state index in [1.165, 1.54) is 7.11 Å². The van der Waals surface area contributed by atoms with Crippen molar-refractivity contribution in [2.45, 2.75) is 39.0 Å². The molecule has 8 heteroatoms. The molecule has 0 saturated carbocycles. The van der Waals surface area contributed by atoms with Crippen molar-refractivity contribution in [2.75, 3.05) is 33.3 Å². The monoisotopic (exact) mass is 362 g/mol. The van der Waals surface area contributed by atoms with Crippen LogP contribution in [0.15, 0.2) is 6.07 Å². The largest absolute Gasteiger partial charge is 0.481 e. The molecule has 1 atom stereocenters. The molecule has 0 bridgehead atoms. The van der Waals surface area contributed by atoms with E-state index in [1.54, 1.807) is 11.0 Å². The summed E-state index contributed by atoms with van der Waals surface area (Å²) in [6.07, 6.45) is 1.33. The van der Waals surface area contributed by atoms with Crippen molar-refractivity contribution in [2.24, 2.45) is 0 Å². The zero-order chi connectivity index (χ0) is 18.7. The maximum absolute atomic E-state index is 12.3. The highest BCUT2D eigenvalue weighted by Gasteiger charge is 2.29. The van der Waals surface area contributed by atoms with E-state index in [4.69, 9.17) is 4.74 Å². The van der Waals surface area contributed by atoms with Gasteiger partial charge in [-0.15, -0.1) is 0 Å². The molecule has 1 saturated heterocycles. The molecule has 2 aliphatic rings. The van der Waals surface area contributed by atoms with Gasteiger partial charge in [0.05, 0.1) is 37.6 Å². The average molecular weight is 362 g/mol. The van der Waals surface area contributed by atoms with Crippen molar-refractivity contribution >= 4 is 11.8 Å². The second-order valence-electron chi connectivity index (χ2n) is 6.78. The van der Waals surface area contributed by atoms with Crippen LogP contribution in [-0.4, -0.2) is 71.1 Å². The molecule has 26 heavy (non-hydrogen) atoms. The summed E-state index contributed by atoms with van der Waals surface area (Å²) in [5, 5.41) is 12.6. The van der Waals surface area contributed by atoms with Gasteiger partial charge in [0, 0.05) is 25.2 Å². The predicted octanol–water partition coefficient (Wildman–Crippen LogP) is 0.139. The summed E-state index contributed by atoms with van der Waals surface area (Å²) in [6.45, 7) is 4.89. The number of aromatic nitrogens is 1. The van der Waals surface area contributed by atoms with Crippen LogP contribution >= 0.6 is 0 Å². The number of methoxy groups -OCH3 is 1. The molecule has 0 unspecified atom stereocenters. The van der Waals surface area contributed by atoms with Crippen molar-refractivity contribution in [3.05, 3.63) is 22.9 Å². The van der Waals surface area contributed by atoms with E-state index in [1.807, 2.05) is 11.8 Å². The minimum absolute atomic E-state index is 0.0347. The van der Waals surface area contributed by atoms with Crippen LogP contribution in [0, 0.1) is 0 Å². The number of nitrogens with one attached hydrogen (secondary N) is 1. The molecule has 142 valence electrons. The number of hydrogen-bond acceptors (Lipinski definition) is 6. The number of β-amino-alcohol motifs (C(OH)–C–C–N with tert-alkyl or cyclic N) is 1. The lowest BCUT2D eigenvalue weighted by Crippen LogP contribution is -2.44. The third-order valence-corrected chi connectivity index (χ3v) is 4.90. The van der Waals surface area contributed by atoms with Crippen molar-refractivity contribution in [1.82, 2.24) is 20.1 Å². The second kappa shape index (κ2) is 8.01. The van der Waals surface area contributed by atoms with Gasteiger partial charge in [0.15, 0.2) is 0 Å². The van der Waals surface area contributed by atoms with Crippen LogP contribution < -0.4 is 10.1 Å². The summed E-state index contributed by atoms with van der Waals surface area (Å²) in [7, 11) is 1.53. The van der Waals surface area contributed by atoms with Crippen LogP contribution in [0.2, 0.25) is 0 Å². The van der Waals surface area contributed by atoms with Gasteiger partial charge in [0.2, 0.25) is 11.8 Å². The number of carbonyl (C=O) groups is 2. The predicted molar refractivity (Wildman–Crippen MR) is 94.7 cm³/mol. The number of pyridine rings is 1. The highest BCUT2D eigenvalue weighted by molar-refractivity contribution is 5.98. The van der Waals surface area contributed by atoms with Gasteiger partial charge in [-0.1, -0.05) is 0 Å². The quantitative estimate of drug-likeness (QED) is 0.747. The van der Waals surface area contributed by atoms with E-state index in [-0.39, 0.29) is 31.0 Å². The number of nitrogens with zero attached hydrogens (tertiary/aromatic N) is 3. The SMILES string of the molecule is CCN1Cc2nc(OC)c(CNC(=O)CN3CCC[C@@H](O)C3)cc2C1=O. The first-order valence-electron chi connectivity index (χ1n) is 9.05. The van der Waals surface area contributed by atoms with Crippen LogP contribution in [0.3, 0.4) is 0 Å². The first-order valence-corrected chi connectivity index (χ1v) is 9.05. The van der Waals surface area contributed by atoms with Gasteiger partial charge in [-0.25, -0.2) is 4.98 Å². The minimum Gasteiger partial charge on any atom is -0.481 e. The van der Waals surface area contributed by atoms with Crippen molar-refractivity contribution < 1.29 is 19.4 Å². The van der Waals surface area contributed by atoms with Crippen LogP contribution in [0.25, 0.3) is 0 Å². The summed E-state index contributed by atoms with van der Waals surface area (Å²) in [6, 6.07) is 1.77. The minimum atomic E-state index is -0.356. The summed E-state index contributed by atoms with van der Waals surface area (Å²) in [5.74, 6) is 0.277. The molecule has 3 rings (SSSR count). The number of ether oxygens (including phenoxy) is 1. The zero-order valence-corrected chi connectivity index (χ0v) is 15.3. The number of aliphatic hydroxyl groups excluding tert-OH is 1. The fourth-order valence-electron chi connectivity index (χ4n) is 3.49. The highest BCUT2D eigenvalue weighted by atomic mass is 16.5. The lowest BCUT2D eigenvalue weighted by atomic mass is 10.1. The van der Waals surface area contributed by atoms with Crippen LogP contribution in [-0.2, 0) is 17.9 Å². The lowest BCUT2D eigenvalue weighted by Gasteiger charge is -2.29. The van der Waals surface area contributed by atoms with E-state index in [2.05, 4.69) is 10.3 Å². The third-order valence-electron chi connectivity index (χ3n) is 4.90. The van der Waals surface area contributed by atoms with Gasteiger partial charge >= 0.3 is 0 Å². The fourth-order valence-corrected chi connectivity index (χ4v) is 3.49. The Morgan fingerprint density at radius 1 is 1.50 bits per heavy atom. The maximum Gasteiger partial charge on any atom is 0.256 e. The van der Waals surface area contributed by atoms with Crippen molar-refractivity contribution in [3.63, 3.8) is 0 Å². The van der Waals surface area contributed by atoms with E-state index in [0.717, 1.165) is 19.4 Å². The standard InChI is InChI=1S/C18H26N4O4/c1-3-22-10-15-14(18(22)25)7-12(17(20-15)26-2)8-19-16(24)11-21-6-4-5-13(23)9-21/h7,13,23H,3-6,8-11H2,1-2H3,(H,19,24)/t13-/m1/s1. The second-order valence-corrected chi connectivity index (χ2v) is 6.78. The number of carbonyl (C=O) groups excluding carboxylic acids is 2. The smallest absolute Gasteiger partial charge is 0.256 e. The van der Waals surface area contributed by atoms with Gasteiger partial charge in [-0.05, 0) is 32.4 Å². The van der Waals surface area contributed by atoms with Gasteiger partial charge in [-0.3, -0.25) is 14.5 Å². The average Bonchev–Trinajstić information content (AvgIpc) is 2.94. The van der Waals surface area contributed by atoms with E-state index < -0.39 is 0 Å². The number of rotatable bonds is 6. The summed E-state index contributed by atoms with van der Waals surface area (Å²) < 4.78 is 5.34. The number of fused-ring (bicyclic) bond motifs is 1. The summed E-state index contributed by atoms with van der Waals surface area (Å²) in [5.41, 5.74) is 1.98. The molecule has 3 heterocycles. The Kier molecular flexibility index (Phi) is 5.73. The first-order chi connectivity index (χ1) is 12.5. The maximum atomic E-state index is 12.3. The van der Waals surface area contributed by atoms with Gasteiger partial charge in [-0.2, -0.15) is 0 Å². The molecule has 0 aliphatic carbocycles. The van der Waals surface area contributed by atoms with E-state index in [0.29, 0.717) is 42.3 Å². The fraction of sp³-hybridized carbons (Fsp3) is 0.611. The molecule has 0 spiro atoms. The highest BCUT2D eigenvalue weighted by Crippen LogP contribution is 2.26. The Hall–Kier alpha value is -2.19. The molecular weight excluding hydrogens is 336 g/mol. The number of likely N-dealkylation sites (tertiary alicyclic amines) is 1. The Morgan fingerprint density at radius 3 is 3.00 bits per heavy atom. The Balaban J connectivity index is 1.63. The van der Waals surface area contributed by atoms with Crippen LogP contribution in [0.1, 0.15) is 41.4 Å². The first kappa shape index (κ1) is 18.6. The Morgan fingerprint density at radius 2 is 2.31 bits per heavy atom. The van der Waals surface area contributed by atoms with Gasteiger partial charge in [0.25, 0.3) is 5.91 Å². The third kappa shape index (κ3) is 3.96. The summed E-state index contributed by atoms with van der Waals surface area (Å²) in [4.78, 5) is 32.7. The van der Waals surface area contributed by atoms with Crippen molar-refractivity contribution in [3.8, 4) is 5.88 Å². The number of piperidine rings is 1. The molecule has 2 N–H and O–H groups in total. The zero-order valence-electron chi connectivity index (χ0n) is 15.3. The van der Waals surface area contributed by atoms with E-state index >= 15 is 0 Å². The molecule has 0 radical (unpaired) electrons. The molecule has 2 amide bonds. The van der Waals surface area contributed by atoms with Gasteiger partial charge in [0.1, 0.15) is 0 Å². The Bertz CT molecular complexity index is 694. The normalized spacial score (nSPS) is 20.2. The van der Waals surface area contributed by atoms with Crippen molar-refractivity contribution in [1.29, 1.82) is 0 Å². The van der Waals surface area contributed by atoms with Crippen LogP contribution in [0.4, 0.5) is 0 Å². The molecule has 1 aromatic rings. The van der Waals surface area contributed by atoms with Gasteiger partial charge < -0.3 is 20.1 Å². The molecular formula is C18H26N4O4. The lowest BCUT2D eigenvalue weighted by molar-refractivity contribution is -0.123. The summed E-state index contributed by atoms with van der Waals surface area (Å²) >= 11 is 0. The molecule has 8 nitrogen and oxygen atoms in total. The number of amides is 2. The molecule has 2 aliphatic heterocycles. The molecule has 1 aromatic heterocycles. The molecule has 1 fully saturated rings. The van der Waals surface area contributed by atoms with E-state index in [9.17, 15) is 14.7 Å². The topological polar surface area (TPSA) is 95.0 Å². The Labute approximate surface area is 153 Å². The number of aliphatic hydroxyl groups is 1. The molecule has 0 aromatic carbocycles.